The molecule has 3 rings (SSSR count). The Morgan fingerprint density at radius 3 is 2.76 bits per heavy atom. The lowest BCUT2D eigenvalue weighted by molar-refractivity contribution is 0.169. The van der Waals surface area contributed by atoms with Gasteiger partial charge in [-0.05, 0) is 60.9 Å². The van der Waals surface area contributed by atoms with Gasteiger partial charge in [-0.25, -0.2) is 0 Å². The molecule has 1 aromatic heterocycles. The van der Waals surface area contributed by atoms with Crippen LogP contribution in [0.4, 0.5) is 0 Å². The summed E-state index contributed by atoms with van der Waals surface area (Å²) in [5.74, 6) is 2.47. The SMILES string of the molecule is CN=C(NCCc1ccc(OC)cc1)NCC1CCCN(Cc2cccs2)C1.I. The number of methoxy groups -OCH3 is 1. The van der Waals surface area contributed by atoms with E-state index in [1.165, 1.54) is 29.8 Å². The van der Waals surface area contributed by atoms with E-state index < -0.39 is 0 Å². The number of hydrogen-bond acceptors (Lipinski definition) is 4. The summed E-state index contributed by atoms with van der Waals surface area (Å²) in [7, 11) is 3.53. The topological polar surface area (TPSA) is 48.9 Å². The van der Waals surface area contributed by atoms with Crippen LogP contribution in [0.3, 0.4) is 0 Å². The molecular weight excluding hydrogens is 495 g/mol. The Hall–Kier alpha value is -1.32. The fourth-order valence-electron chi connectivity index (χ4n) is 3.66. The summed E-state index contributed by atoms with van der Waals surface area (Å²) in [5, 5.41) is 9.11. The first-order valence-electron chi connectivity index (χ1n) is 10.1. The smallest absolute Gasteiger partial charge is 0.190 e. The molecule has 0 saturated carbocycles. The van der Waals surface area contributed by atoms with Gasteiger partial charge in [0.05, 0.1) is 7.11 Å². The molecule has 0 bridgehead atoms. The zero-order chi connectivity index (χ0) is 19.6. The van der Waals surface area contributed by atoms with Gasteiger partial charge in [0.15, 0.2) is 5.96 Å². The summed E-state index contributed by atoms with van der Waals surface area (Å²) in [4.78, 5) is 8.42. The number of piperidine rings is 1. The molecule has 7 heteroatoms. The molecule has 1 unspecified atom stereocenters. The molecule has 1 saturated heterocycles. The van der Waals surface area contributed by atoms with E-state index in [1.54, 1.807) is 7.11 Å². The molecule has 1 aromatic carbocycles. The van der Waals surface area contributed by atoms with E-state index in [0.717, 1.165) is 44.3 Å². The predicted molar refractivity (Wildman–Crippen MR) is 134 cm³/mol. The van der Waals surface area contributed by atoms with Gasteiger partial charge in [-0.3, -0.25) is 9.89 Å². The third kappa shape index (κ3) is 8.14. The minimum atomic E-state index is 0. The first-order chi connectivity index (χ1) is 13.8. The number of nitrogens with zero attached hydrogens (tertiary/aromatic N) is 2. The van der Waals surface area contributed by atoms with E-state index in [0.29, 0.717) is 5.92 Å². The van der Waals surface area contributed by atoms with Crippen molar-refractivity contribution in [1.82, 2.24) is 15.5 Å². The van der Waals surface area contributed by atoms with Crippen molar-refractivity contribution < 1.29 is 4.74 Å². The quantitative estimate of drug-likeness (QED) is 0.309. The van der Waals surface area contributed by atoms with Crippen molar-refractivity contribution in [3.8, 4) is 5.75 Å². The molecule has 1 atom stereocenters. The highest BCUT2D eigenvalue weighted by atomic mass is 127. The second-order valence-corrected chi connectivity index (χ2v) is 8.33. The molecule has 0 radical (unpaired) electrons. The molecular formula is C22H33IN4OS. The third-order valence-electron chi connectivity index (χ3n) is 5.21. The highest BCUT2D eigenvalue weighted by Crippen LogP contribution is 2.20. The van der Waals surface area contributed by atoms with Gasteiger partial charge in [-0.15, -0.1) is 35.3 Å². The molecule has 160 valence electrons. The molecule has 1 aliphatic heterocycles. The highest BCUT2D eigenvalue weighted by molar-refractivity contribution is 14.0. The van der Waals surface area contributed by atoms with Gasteiger partial charge in [0, 0.05) is 38.1 Å². The summed E-state index contributed by atoms with van der Waals surface area (Å²) in [6, 6.07) is 12.6. The first-order valence-corrected chi connectivity index (χ1v) is 11.0. The summed E-state index contributed by atoms with van der Waals surface area (Å²) in [5.41, 5.74) is 1.29. The summed E-state index contributed by atoms with van der Waals surface area (Å²) < 4.78 is 5.21. The van der Waals surface area contributed by atoms with Gasteiger partial charge in [-0.2, -0.15) is 0 Å². The molecule has 0 spiro atoms. The molecule has 5 nitrogen and oxygen atoms in total. The van der Waals surface area contributed by atoms with Crippen molar-refractivity contribution in [2.24, 2.45) is 10.9 Å². The number of halogens is 1. The Morgan fingerprint density at radius 1 is 1.24 bits per heavy atom. The summed E-state index contributed by atoms with van der Waals surface area (Å²) >= 11 is 1.86. The van der Waals surface area contributed by atoms with E-state index in [4.69, 9.17) is 4.74 Å². The standard InChI is InChI=1S/C22H32N4OS.HI/c1-23-22(24-12-11-18-7-9-20(27-2)10-8-18)25-15-19-5-3-13-26(16-19)17-21-6-4-14-28-21;/h4,6-10,14,19H,3,5,11-13,15-17H2,1-2H3,(H2,23,24,25);1H. The van der Waals surface area contributed by atoms with E-state index in [9.17, 15) is 0 Å². The number of rotatable bonds is 8. The van der Waals surface area contributed by atoms with Crippen LogP contribution in [-0.2, 0) is 13.0 Å². The van der Waals surface area contributed by atoms with Crippen molar-refractivity contribution in [3.63, 3.8) is 0 Å². The molecule has 1 fully saturated rings. The van der Waals surface area contributed by atoms with Crippen LogP contribution in [0.25, 0.3) is 0 Å². The van der Waals surface area contributed by atoms with Crippen molar-refractivity contribution in [2.75, 3.05) is 40.3 Å². The average Bonchev–Trinajstić information content (AvgIpc) is 3.24. The van der Waals surface area contributed by atoms with Crippen molar-refractivity contribution >= 4 is 41.3 Å². The Morgan fingerprint density at radius 2 is 2.07 bits per heavy atom. The van der Waals surface area contributed by atoms with E-state index in [2.05, 4.69) is 50.2 Å². The number of aliphatic imine (C=N–C) groups is 1. The van der Waals surface area contributed by atoms with Crippen LogP contribution < -0.4 is 15.4 Å². The highest BCUT2D eigenvalue weighted by Gasteiger charge is 2.20. The number of benzene rings is 1. The largest absolute Gasteiger partial charge is 0.497 e. The van der Waals surface area contributed by atoms with Crippen LogP contribution >= 0.6 is 35.3 Å². The maximum absolute atomic E-state index is 5.21. The third-order valence-corrected chi connectivity index (χ3v) is 6.07. The Labute approximate surface area is 196 Å². The second kappa shape index (κ2) is 13.1. The van der Waals surface area contributed by atoms with Gasteiger partial charge in [0.2, 0.25) is 0 Å². The van der Waals surface area contributed by atoms with Crippen molar-refractivity contribution in [1.29, 1.82) is 0 Å². The van der Waals surface area contributed by atoms with Crippen LogP contribution in [0.1, 0.15) is 23.3 Å². The van der Waals surface area contributed by atoms with Gasteiger partial charge in [-0.1, -0.05) is 18.2 Å². The lowest BCUT2D eigenvalue weighted by Gasteiger charge is -2.32. The van der Waals surface area contributed by atoms with Crippen LogP contribution in [0, 0.1) is 5.92 Å². The minimum Gasteiger partial charge on any atom is -0.497 e. The monoisotopic (exact) mass is 528 g/mol. The lowest BCUT2D eigenvalue weighted by Crippen LogP contribution is -2.44. The molecule has 2 aromatic rings. The number of likely N-dealkylation sites (tertiary alicyclic amines) is 1. The fourth-order valence-corrected chi connectivity index (χ4v) is 4.41. The van der Waals surface area contributed by atoms with Gasteiger partial charge in [0.25, 0.3) is 0 Å². The maximum Gasteiger partial charge on any atom is 0.190 e. The number of nitrogens with one attached hydrogen (secondary N) is 2. The number of thiophene rings is 1. The first kappa shape index (κ1) is 24.0. The Bertz CT molecular complexity index is 721. The van der Waals surface area contributed by atoms with Gasteiger partial charge < -0.3 is 15.4 Å². The van der Waals surface area contributed by atoms with Crippen LogP contribution in [-0.4, -0.2) is 51.2 Å². The Balaban J connectivity index is 0.00000300. The zero-order valence-electron chi connectivity index (χ0n) is 17.4. The van der Waals surface area contributed by atoms with Crippen LogP contribution in [0.15, 0.2) is 46.8 Å². The molecule has 0 amide bonds. The lowest BCUT2D eigenvalue weighted by atomic mass is 9.98. The van der Waals surface area contributed by atoms with Crippen molar-refractivity contribution in [2.45, 2.75) is 25.8 Å². The molecule has 2 N–H and O–H groups in total. The predicted octanol–water partition coefficient (Wildman–Crippen LogP) is 3.99. The molecule has 29 heavy (non-hydrogen) atoms. The molecule has 2 heterocycles. The normalized spacial score (nSPS) is 17.4. The van der Waals surface area contributed by atoms with Gasteiger partial charge >= 0.3 is 0 Å². The second-order valence-electron chi connectivity index (χ2n) is 7.30. The van der Waals surface area contributed by atoms with E-state index in [-0.39, 0.29) is 24.0 Å². The van der Waals surface area contributed by atoms with E-state index >= 15 is 0 Å². The maximum atomic E-state index is 5.21. The Kier molecular flexibility index (Phi) is 10.8. The van der Waals surface area contributed by atoms with Crippen LogP contribution in [0.2, 0.25) is 0 Å². The fraction of sp³-hybridized carbons (Fsp3) is 0.500. The van der Waals surface area contributed by atoms with E-state index in [1.807, 2.05) is 30.5 Å². The summed E-state index contributed by atoms with van der Waals surface area (Å²) in [6.07, 6.45) is 3.53. The van der Waals surface area contributed by atoms with Gasteiger partial charge in [0.1, 0.15) is 5.75 Å². The van der Waals surface area contributed by atoms with Crippen LogP contribution in [0.5, 0.6) is 5.75 Å². The number of guanidine groups is 1. The molecule has 1 aliphatic rings. The zero-order valence-corrected chi connectivity index (χ0v) is 20.5. The summed E-state index contributed by atoms with van der Waals surface area (Å²) in [6.45, 7) is 5.30. The average molecular weight is 529 g/mol. The number of ether oxygens (including phenoxy) is 1. The minimum absolute atomic E-state index is 0. The molecule has 0 aliphatic carbocycles. The van der Waals surface area contributed by atoms with Crippen molar-refractivity contribution in [3.05, 3.63) is 52.2 Å². The number of hydrogen-bond donors (Lipinski definition) is 2.